The van der Waals surface area contributed by atoms with Crippen molar-refractivity contribution in [1.82, 2.24) is 0 Å². The molecule has 13 heavy (non-hydrogen) atoms. The zero-order valence-electron chi connectivity index (χ0n) is 7.15. The van der Waals surface area contributed by atoms with Gasteiger partial charge in [-0.25, -0.2) is 0 Å². The molecule has 2 rings (SSSR count). The van der Waals surface area contributed by atoms with Crippen molar-refractivity contribution in [2.75, 3.05) is 0 Å². The fourth-order valence-electron chi connectivity index (χ4n) is 1.83. The van der Waals surface area contributed by atoms with Crippen LogP contribution in [0.25, 0.3) is 0 Å². The van der Waals surface area contributed by atoms with Crippen LogP contribution in [0.15, 0.2) is 23.3 Å². The fraction of sp³-hybridized carbons (Fsp3) is 0.500. The second kappa shape index (κ2) is 3.14. The van der Waals surface area contributed by atoms with E-state index < -0.39 is 4.33 Å². The van der Waals surface area contributed by atoms with Gasteiger partial charge in [-0.2, -0.15) is 0 Å². The average molecular weight is 217 g/mol. The van der Waals surface area contributed by atoms with Gasteiger partial charge in [-0.3, -0.25) is 4.79 Å². The van der Waals surface area contributed by atoms with Crippen molar-refractivity contribution < 1.29 is 4.79 Å². The molecule has 0 spiro atoms. The molecule has 3 heteroatoms. The summed E-state index contributed by atoms with van der Waals surface area (Å²) in [4.78, 5) is 11.7. The van der Waals surface area contributed by atoms with Gasteiger partial charge >= 0.3 is 0 Å². The zero-order valence-corrected chi connectivity index (χ0v) is 8.66. The van der Waals surface area contributed by atoms with Gasteiger partial charge in [0.05, 0.1) is 0 Å². The summed E-state index contributed by atoms with van der Waals surface area (Å²) in [5.74, 6) is -0.0820. The first-order valence-corrected chi connectivity index (χ1v) is 5.18. The third kappa shape index (κ3) is 1.55. The smallest absolute Gasteiger partial charge is 0.195 e. The molecule has 0 saturated heterocycles. The van der Waals surface area contributed by atoms with E-state index in [4.69, 9.17) is 23.2 Å². The predicted molar refractivity (Wildman–Crippen MR) is 54.1 cm³/mol. The van der Waals surface area contributed by atoms with Crippen LogP contribution in [0, 0.1) is 0 Å². The molecule has 0 radical (unpaired) electrons. The van der Waals surface area contributed by atoms with E-state index >= 15 is 0 Å². The largest absolute Gasteiger partial charge is 0.291 e. The van der Waals surface area contributed by atoms with Crippen LogP contribution < -0.4 is 0 Å². The van der Waals surface area contributed by atoms with E-state index in [1.54, 1.807) is 0 Å². The van der Waals surface area contributed by atoms with Crippen molar-refractivity contribution in [3.05, 3.63) is 23.3 Å². The Labute approximate surface area is 87.4 Å². The van der Waals surface area contributed by atoms with E-state index in [2.05, 4.69) is 6.08 Å². The summed E-state index contributed by atoms with van der Waals surface area (Å²) in [6.45, 7) is 0. The van der Waals surface area contributed by atoms with E-state index in [-0.39, 0.29) is 5.78 Å². The highest BCUT2D eigenvalue weighted by atomic mass is 35.5. The Bertz CT molecular complexity index is 313. The second-order valence-electron chi connectivity index (χ2n) is 3.48. The zero-order chi connectivity index (χ0) is 9.47. The highest BCUT2D eigenvalue weighted by Crippen LogP contribution is 2.40. The minimum atomic E-state index is -1.16. The number of carbonyl (C=O) groups is 1. The molecule has 0 amide bonds. The minimum absolute atomic E-state index is 0.0820. The molecule has 0 N–H and O–H groups in total. The number of allylic oxidation sites excluding steroid dienone is 4. The average Bonchev–Trinajstić information content (AvgIpc) is 2.13. The molecule has 0 fully saturated rings. The van der Waals surface area contributed by atoms with E-state index in [9.17, 15) is 4.79 Å². The number of ketones is 1. The van der Waals surface area contributed by atoms with Gasteiger partial charge in [0.1, 0.15) is 0 Å². The Morgan fingerprint density at radius 3 is 2.85 bits per heavy atom. The highest BCUT2D eigenvalue weighted by molar-refractivity contribution is 6.60. The maximum absolute atomic E-state index is 11.7. The molecule has 2 aliphatic carbocycles. The predicted octanol–water partition coefficient (Wildman–Crippen LogP) is 3.17. The van der Waals surface area contributed by atoms with Crippen LogP contribution >= 0.6 is 23.2 Å². The van der Waals surface area contributed by atoms with Gasteiger partial charge in [0.2, 0.25) is 0 Å². The SMILES string of the molecule is O=C1C2=C(C=CCC2)CCC1(Cl)Cl. The van der Waals surface area contributed by atoms with Crippen molar-refractivity contribution in [2.45, 2.75) is 30.0 Å². The summed E-state index contributed by atoms with van der Waals surface area (Å²) in [6, 6.07) is 0. The summed E-state index contributed by atoms with van der Waals surface area (Å²) in [5.41, 5.74) is 1.98. The van der Waals surface area contributed by atoms with Crippen LogP contribution in [0.3, 0.4) is 0 Å². The van der Waals surface area contributed by atoms with Crippen LogP contribution in [0.2, 0.25) is 0 Å². The first kappa shape index (κ1) is 9.29. The quantitative estimate of drug-likeness (QED) is 0.569. The summed E-state index contributed by atoms with van der Waals surface area (Å²) < 4.78 is -1.16. The van der Waals surface area contributed by atoms with Crippen molar-refractivity contribution >= 4 is 29.0 Å². The van der Waals surface area contributed by atoms with Crippen LogP contribution in [0.4, 0.5) is 0 Å². The molecule has 0 aromatic carbocycles. The molecular formula is C10H10Cl2O. The van der Waals surface area contributed by atoms with Crippen molar-refractivity contribution in [3.8, 4) is 0 Å². The Morgan fingerprint density at radius 1 is 1.31 bits per heavy atom. The number of halogens is 2. The Balaban J connectivity index is 2.39. The third-order valence-corrected chi connectivity index (χ3v) is 3.30. The van der Waals surface area contributed by atoms with Gasteiger partial charge in [0, 0.05) is 5.57 Å². The molecule has 0 aliphatic heterocycles. The number of hydrogen-bond donors (Lipinski definition) is 0. The first-order valence-electron chi connectivity index (χ1n) is 4.42. The minimum Gasteiger partial charge on any atom is -0.291 e. The van der Waals surface area contributed by atoms with Gasteiger partial charge in [-0.15, -0.1) is 0 Å². The number of alkyl halides is 2. The molecule has 0 aromatic heterocycles. The number of hydrogen-bond acceptors (Lipinski definition) is 1. The summed E-state index contributed by atoms with van der Waals surface area (Å²) >= 11 is 11.8. The first-order chi connectivity index (χ1) is 6.11. The van der Waals surface area contributed by atoms with Crippen LogP contribution in [0.5, 0.6) is 0 Å². The monoisotopic (exact) mass is 216 g/mol. The lowest BCUT2D eigenvalue weighted by molar-refractivity contribution is -0.116. The number of rotatable bonds is 0. The molecule has 0 saturated carbocycles. The van der Waals surface area contributed by atoms with E-state index in [1.165, 1.54) is 0 Å². The molecule has 1 nitrogen and oxygen atoms in total. The summed E-state index contributed by atoms with van der Waals surface area (Å²) in [5, 5.41) is 0. The van der Waals surface area contributed by atoms with Crippen LogP contribution in [-0.2, 0) is 4.79 Å². The fourth-order valence-corrected chi connectivity index (χ4v) is 2.25. The third-order valence-electron chi connectivity index (χ3n) is 2.58. The van der Waals surface area contributed by atoms with Crippen LogP contribution in [0.1, 0.15) is 25.7 Å². The molecule has 0 bridgehead atoms. The lowest BCUT2D eigenvalue weighted by atomic mass is 9.84. The molecule has 70 valence electrons. The maximum atomic E-state index is 11.7. The summed E-state index contributed by atoms with van der Waals surface area (Å²) in [7, 11) is 0. The van der Waals surface area contributed by atoms with E-state index in [0.29, 0.717) is 6.42 Å². The van der Waals surface area contributed by atoms with Gasteiger partial charge in [-0.05, 0) is 31.3 Å². The standard InChI is InChI=1S/C10H10Cl2O/c11-10(12)6-5-7-3-1-2-4-8(7)9(10)13/h1,3H,2,4-6H2. The number of Topliss-reactive ketones (excluding diaryl/α,β-unsaturated/α-hetero) is 1. The van der Waals surface area contributed by atoms with Gasteiger partial charge in [0.25, 0.3) is 0 Å². The lowest BCUT2D eigenvalue weighted by Gasteiger charge is -2.28. The molecule has 0 aromatic rings. The Hall–Kier alpha value is -0.270. The van der Waals surface area contributed by atoms with Gasteiger partial charge in [0.15, 0.2) is 10.1 Å². The number of carbonyl (C=O) groups excluding carboxylic acids is 1. The van der Waals surface area contributed by atoms with Crippen molar-refractivity contribution in [3.63, 3.8) is 0 Å². The van der Waals surface area contributed by atoms with E-state index in [0.717, 1.165) is 30.4 Å². The maximum Gasteiger partial charge on any atom is 0.195 e. The molecule has 2 aliphatic rings. The molecule has 0 heterocycles. The topological polar surface area (TPSA) is 17.1 Å². The second-order valence-corrected chi connectivity index (χ2v) is 4.96. The lowest BCUT2D eigenvalue weighted by Crippen LogP contribution is -2.32. The molecular weight excluding hydrogens is 207 g/mol. The Kier molecular flexibility index (Phi) is 2.25. The molecule has 0 atom stereocenters. The van der Waals surface area contributed by atoms with Crippen molar-refractivity contribution in [2.24, 2.45) is 0 Å². The van der Waals surface area contributed by atoms with Crippen molar-refractivity contribution in [1.29, 1.82) is 0 Å². The Morgan fingerprint density at radius 2 is 2.08 bits per heavy atom. The van der Waals surface area contributed by atoms with E-state index in [1.807, 2.05) is 6.08 Å². The molecule has 0 unspecified atom stereocenters. The van der Waals surface area contributed by atoms with Gasteiger partial charge in [-0.1, -0.05) is 35.4 Å². The van der Waals surface area contributed by atoms with Crippen LogP contribution in [-0.4, -0.2) is 10.1 Å². The highest BCUT2D eigenvalue weighted by Gasteiger charge is 2.39. The summed E-state index contributed by atoms with van der Waals surface area (Å²) in [6.07, 6.45) is 7.21. The normalized spacial score (nSPS) is 26.2. The van der Waals surface area contributed by atoms with Gasteiger partial charge < -0.3 is 0 Å².